The Balaban J connectivity index is 2.59. The van der Waals surface area contributed by atoms with Gasteiger partial charge in [-0.1, -0.05) is 19.1 Å². The van der Waals surface area contributed by atoms with E-state index in [4.69, 9.17) is 0 Å². The molecule has 1 atom stereocenters. The van der Waals surface area contributed by atoms with Gasteiger partial charge in [-0.15, -0.1) is 11.8 Å². The SMILES string of the molecule is CCCNC(C)(C#N)CSc1ccccc1Br. The maximum absolute atomic E-state index is 9.22. The molecule has 0 amide bonds. The molecule has 0 spiro atoms. The van der Waals surface area contributed by atoms with E-state index in [0.717, 1.165) is 23.2 Å². The molecular formula is C13H17BrN2S. The van der Waals surface area contributed by atoms with E-state index in [2.05, 4.69) is 40.3 Å². The van der Waals surface area contributed by atoms with E-state index < -0.39 is 5.54 Å². The third kappa shape index (κ3) is 4.71. The van der Waals surface area contributed by atoms with Crippen LogP contribution in [0.5, 0.6) is 0 Å². The van der Waals surface area contributed by atoms with Gasteiger partial charge in [-0.3, -0.25) is 5.32 Å². The highest BCUT2D eigenvalue weighted by molar-refractivity contribution is 9.10. The Kier molecular flexibility index (Phi) is 6.04. The summed E-state index contributed by atoms with van der Waals surface area (Å²) in [4.78, 5) is 1.17. The average molecular weight is 313 g/mol. The minimum Gasteiger partial charge on any atom is -0.299 e. The molecule has 92 valence electrons. The Morgan fingerprint density at radius 3 is 2.76 bits per heavy atom. The summed E-state index contributed by atoms with van der Waals surface area (Å²) in [5, 5.41) is 12.5. The molecule has 1 N–H and O–H groups in total. The largest absolute Gasteiger partial charge is 0.299 e. The van der Waals surface area contributed by atoms with Crippen molar-refractivity contribution in [3.8, 4) is 6.07 Å². The molecule has 0 saturated heterocycles. The number of rotatable bonds is 6. The summed E-state index contributed by atoms with van der Waals surface area (Å²) < 4.78 is 1.08. The van der Waals surface area contributed by atoms with Gasteiger partial charge in [-0.2, -0.15) is 5.26 Å². The van der Waals surface area contributed by atoms with Crippen LogP contribution in [0.2, 0.25) is 0 Å². The number of halogens is 1. The molecule has 0 radical (unpaired) electrons. The number of thioether (sulfide) groups is 1. The number of nitrogens with one attached hydrogen (secondary N) is 1. The number of hydrogen-bond acceptors (Lipinski definition) is 3. The predicted octanol–water partition coefficient (Wildman–Crippen LogP) is 3.82. The van der Waals surface area contributed by atoms with Crippen LogP contribution in [-0.4, -0.2) is 17.8 Å². The highest BCUT2D eigenvalue weighted by Gasteiger charge is 2.23. The molecule has 0 aromatic heterocycles. The van der Waals surface area contributed by atoms with E-state index in [1.807, 2.05) is 25.1 Å². The summed E-state index contributed by atoms with van der Waals surface area (Å²) in [7, 11) is 0. The Labute approximate surface area is 116 Å². The van der Waals surface area contributed by atoms with Crippen LogP contribution in [0.15, 0.2) is 33.6 Å². The minimum atomic E-state index is -0.462. The van der Waals surface area contributed by atoms with Gasteiger partial charge >= 0.3 is 0 Å². The molecule has 1 aromatic rings. The molecule has 0 saturated carbocycles. The molecule has 1 aromatic carbocycles. The summed E-state index contributed by atoms with van der Waals surface area (Å²) in [6.07, 6.45) is 1.04. The first-order chi connectivity index (χ1) is 8.11. The second kappa shape index (κ2) is 7.05. The average Bonchev–Trinajstić information content (AvgIpc) is 2.35. The second-order valence-corrected chi connectivity index (χ2v) is 5.96. The van der Waals surface area contributed by atoms with E-state index in [0.29, 0.717) is 0 Å². The predicted molar refractivity (Wildman–Crippen MR) is 77.2 cm³/mol. The molecule has 0 bridgehead atoms. The lowest BCUT2D eigenvalue weighted by Gasteiger charge is -2.22. The summed E-state index contributed by atoms with van der Waals surface area (Å²) in [5.74, 6) is 0.742. The fraction of sp³-hybridized carbons (Fsp3) is 0.462. The first kappa shape index (κ1) is 14.6. The molecule has 0 aliphatic carbocycles. The van der Waals surface area contributed by atoms with Crippen LogP contribution in [0, 0.1) is 11.3 Å². The fourth-order valence-electron chi connectivity index (χ4n) is 1.31. The molecule has 1 rings (SSSR count). The topological polar surface area (TPSA) is 35.8 Å². The van der Waals surface area contributed by atoms with Crippen molar-refractivity contribution >= 4 is 27.7 Å². The highest BCUT2D eigenvalue weighted by atomic mass is 79.9. The molecular weight excluding hydrogens is 296 g/mol. The van der Waals surface area contributed by atoms with Gasteiger partial charge in [0.15, 0.2) is 0 Å². The molecule has 0 aliphatic heterocycles. The third-order valence-corrected chi connectivity index (χ3v) is 4.71. The summed E-state index contributed by atoms with van der Waals surface area (Å²) in [6.45, 7) is 4.93. The lowest BCUT2D eigenvalue weighted by molar-refractivity contribution is 0.493. The molecule has 0 aliphatic rings. The zero-order chi connectivity index (χ0) is 12.7. The molecule has 17 heavy (non-hydrogen) atoms. The van der Waals surface area contributed by atoms with Crippen LogP contribution in [0.1, 0.15) is 20.3 Å². The summed E-state index contributed by atoms with van der Waals surface area (Å²) in [5.41, 5.74) is -0.462. The number of benzene rings is 1. The van der Waals surface area contributed by atoms with Crippen molar-refractivity contribution in [3.63, 3.8) is 0 Å². The van der Waals surface area contributed by atoms with Gasteiger partial charge in [0.2, 0.25) is 0 Å². The van der Waals surface area contributed by atoms with Crippen molar-refractivity contribution < 1.29 is 0 Å². The Bertz CT molecular complexity index is 403. The summed E-state index contributed by atoms with van der Waals surface area (Å²) in [6, 6.07) is 10.4. The Hall–Kier alpha value is -0.500. The van der Waals surface area contributed by atoms with E-state index in [-0.39, 0.29) is 0 Å². The Morgan fingerprint density at radius 1 is 1.47 bits per heavy atom. The molecule has 0 fully saturated rings. The van der Waals surface area contributed by atoms with E-state index >= 15 is 0 Å². The van der Waals surface area contributed by atoms with Gasteiger partial charge < -0.3 is 0 Å². The molecule has 4 heteroatoms. The van der Waals surface area contributed by atoms with E-state index in [1.54, 1.807) is 11.8 Å². The van der Waals surface area contributed by atoms with Gasteiger partial charge in [0.05, 0.1) is 6.07 Å². The van der Waals surface area contributed by atoms with Crippen LogP contribution >= 0.6 is 27.7 Å². The number of nitriles is 1. The molecule has 2 nitrogen and oxygen atoms in total. The van der Waals surface area contributed by atoms with Crippen molar-refractivity contribution in [2.75, 3.05) is 12.3 Å². The maximum Gasteiger partial charge on any atom is 0.113 e. The molecule has 0 heterocycles. The third-order valence-electron chi connectivity index (χ3n) is 2.36. The first-order valence-corrected chi connectivity index (χ1v) is 7.43. The second-order valence-electron chi connectivity index (χ2n) is 4.09. The van der Waals surface area contributed by atoms with Gasteiger partial charge in [0.1, 0.15) is 5.54 Å². The lowest BCUT2D eigenvalue weighted by Crippen LogP contribution is -2.43. The van der Waals surface area contributed by atoms with Gasteiger partial charge in [-0.05, 0) is 48.0 Å². The van der Waals surface area contributed by atoms with Crippen LogP contribution in [0.3, 0.4) is 0 Å². The maximum atomic E-state index is 9.22. The van der Waals surface area contributed by atoms with Crippen LogP contribution in [0.4, 0.5) is 0 Å². The summed E-state index contributed by atoms with van der Waals surface area (Å²) >= 11 is 5.21. The monoisotopic (exact) mass is 312 g/mol. The Morgan fingerprint density at radius 2 is 2.18 bits per heavy atom. The minimum absolute atomic E-state index is 0.462. The lowest BCUT2D eigenvalue weighted by atomic mass is 10.1. The van der Waals surface area contributed by atoms with E-state index in [9.17, 15) is 5.26 Å². The van der Waals surface area contributed by atoms with Crippen molar-refractivity contribution in [3.05, 3.63) is 28.7 Å². The van der Waals surface area contributed by atoms with Crippen molar-refractivity contribution in [1.82, 2.24) is 5.32 Å². The van der Waals surface area contributed by atoms with E-state index in [1.165, 1.54) is 4.90 Å². The zero-order valence-electron chi connectivity index (χ0n) is 10.2. The van der Waals surface area contributed by atoms with Gasteiger partial charge in [0.25, 0.3) is 0 Å². The zero-order valence-corrected chi connectivity index (χ0v) is 12.6. The van der Waals surface area contributed by atoms with Crippen molar-refractivity contribution in [2.24, 2.45) is 0 Å². The number of hydrogen-bond donors (Lipinski definition) is 1. The fourth-order valence-corrected chi connectivity index (χ4v) is 2.93. The van der Waals surface area contributed by atoms with Crippen LogP contribution < -0.4 is 5.32 Å². The highest BCUT2D eigenvalue weighted by Crippen LogP contribution is 2.29. The van der Waals surface area contributed by atoms with Crippen molar-refractivity contribution in [2.45, 2.75) is 30.7 Å². The standard InChI is InChI=1S/C13H17BrN2S/c1-3-8-16-13(2,9-15)10-17-12-7-5-4-6-11(12)14/h4-7,16H,3,8,10H2,1-2H3. The van der Waals surface area contributed by atoms with Gasteiger partial charge in [0, 0.05) is 15.1 Å². The quantitative estimate of drug-likeness (QED) is 0.811. The first-order valence-electron chi connectivity index (χ1n) is 5.65. The van der Waals surface area contributed by atoms with Crippen LogP contribution in [-0.2, 0) is 0 Å². The van der Waals surface area contributed by atoms with Crippen molar-refractivity contribution in [1.29, 1.82) is 5.26 Å². The number of nitrogens with zero attached hydrogens (tertiary/aromatic N) is 1. The molecule has 1 unspecified atom stereocenters. The van der Waals surface area contributed by atoms with Crippen LogP contribution in [0.25, 0.3) is 0 Å². The van der Waals surface area contributed by atoms with Gasteiger partial charge in [-0.25, -0.2) is 0 Å². The normalized spacial score (nSPS) is 14.0. The smallest absolute Gasteiger partial charge is 0.113 e.